The highest BCUT2D eigenvalue weighted by molar-refractivity contribution is 6.36. The van der Waals surface area contributed by atoms with Crippen molar-refractivity contribution < 1.29 is 19.7 Å². The quantitative estimate of drug-likeness (QED) is 0.535. The number of nitrogens with two attached hydrogens (primary N) is 1. The molecule has 0 aliphatic carbocycles. The molecule has 2 aromatic carbocycles. The van der Waals surface area contributed by atoms with Crippen molar-refractivity contribution >= 4 is 35.0 Å². The molecule has 6 nitrogen and oxygen atoms in total. The fourth-order valence-corrected chi connectivity index (χ4v) is 2.82. The summed E-state index contributed by atoms with van der Waals surface area (Å²) >= 11 is 11.8. The van der Waals surface area contributed by atoms with Gasteiger partial charge in [0.15, 0.2) is 0 Å². The topological polar surface area (TPSA) is 105 Å². The van der Waals surface area contributed by atoms with Gasteiger partial charge in [-0.2, -0.15) is 0 Å². The Kier molecular flexibility index (Phi) is 7.53. The lowest BCUT2D eigenvalue weighted by Crippen LogP contribution is -2.30. The van der Waals surface area contributed by atoms with Crippen LogP contribution in [0.2, 0.25) is 10.0 Å². The third-order valence-electron chi connectivity index (χ3n) is 3.73. The second-order valence-electron chi connectivity index (χ2n) is 5.68. The molecule has 0 radical (unpaired) electrons. The Morgan fingerprint density at radius 3 is 2.58 bits per heavy atom. The van der Waals surface area contributed by atoms with Crippen molar-refractivity contribution in [1.82, 2.24) is 5.32 Å². The van der Waals surface area contributed by atoms with E-state index in [0.717, 1.165) is 5.56 Å². The van der Waals surface area contributed by atoms with Crippen LogP contribution in [0, 0.1) is 0 Å². The smallest absolute Gasteiger partial charge is 0.407 e. The lowest BCUT2D eigenvalue weighted by atomic mass is 10.0. The number of nitrogen functional groups attached to an aromatic ring is 1. The Labute approximate surface area is 161 Å². The minimum atomic E-state index is -1.28. The van der Waals surface area contributed by atoms with Gasteiger partial charge >= 0.3 is 6.09 Å². The van der Waals surface area contributed by atoms with Gasteiger partial charge in [-0.15, -0.1) is 0 Å². The van der Waals surface area contributed by atoms with Gasteiger partial charge in [-0.05, 0) is 24.1 Å². The summed E-state index contributed by atoms with van der Waals surface area (Å²) in [4.78, 5) is 11.6. The van der Waals surface area contributed by atoms with E-state index < -0.39 is 18.3 Å². The maximum Gasteiger partial charge on any atom is 0.407 e. The maximum atomic E-state index is 11.6. The van der Waals surface area contributed by atoms with Gasteiger partial charge in [-0.25, -0.2) is 4.79 Å². The van der Waals surface area contributed by atoms with Crippen LogP contribution in [0.4, 0.5) is 10.5 Å². The molecule has 0 saturated carbocycles. The van der Waals surface area contributed by atoms with Crippen molar-refractivity contribution in [2.45, 2.75) is 25.2 Å². The van der Waals surface area contributed by atoms with E-state index in [9.17, 15) is 15.0 Å². The highest BCUT2D eigenvalue weighted by Gasteiger charge is 2.22. The van der Waals surface area contributed by atoms with Gasteiger partial charge in [0, 0.05) is 17.1 Å². The molecule has 0 aliphatic heterocycles. The summed E-state index contributed by atoms with van der Waals surface area (Å²) in [5.74, 6) is 0. The molecule has 0 fully saturated rings. The van der Waals surface area contributed by atoms with Crippen molar-refractivity contribution in [2.24, 2.45) is 0 Å². The molecule has 0 saturated heterocycles. The van der Waals surface area contributed by atoms with E-state index in [4.69, 9.17) is 33.7 Å². The van der Waals surface area contributed by atoms with Crippen molar-refractivity contribution in [2.75, 3.05) is 12.3 Å². The largest absolute Gasteiger partial charge is 0.445 e. The molecule has 0 spiro atoms. The third kappa shape index (κ3) is 5.78. The van der Waals surface area contributed by atoms with Crippen LogP contribution in [0.25, 0.3) is 0 Å². The number of halogens is 2. The van der Waals surface area contributed by atoms with Crippen molar-refractivity contribution in [3.63, 3.8) is 0 Å². The van der Waals surface area contributed by atoms with Crippen molar-refractivity contribution in [3.8, 4) is 0 Å². The Morgan fingerprint density at radius 2 is 1.88 bits per heavy atom. The average Bonchev–Trinajstić information content (AvgIpc) is 2.63. The number of carbonyl (C=O) groups excluding carboxylic acids is 1. The average molecular weight is 399 g/mol. The number of nitrogens with one attached hydrogen (secondary N) is 1. The predicted octanol–water partition coefficient (Wildman–Crippen LogP) is 3.29. The molecule has 2 atom stereocenters. The number of amides is 1. The minimum Gasteiger partial charge on any atom is -0.445 e. The van der Waals surface area contributed by atoms with E-state index in [-0.39, 0.29) is 35.8 Å². The zero-order valence-corrected chi connectivity index (χ0v) is 15.4. The second-order valence-corrected chi connectivity index (χ2v) is 6.52. The molecule has 0 aliphatic rings. The number of rotatable bonds is 7. The van der Waals surface area contributed by atoms with E-state index in [0.29, 0.717) is 5.02 Å². The lowest BCUT2D eigenvalue weighted by molar-refractivity contribution is 0.0140. The van der Waals surface area contributed by atoms with Gasteiger partial charge in [-0.1, -0.05) is 53.5 Å². The molecule has 2 unspecified atom stereocenters. The van der Waals surface area contributed by atoms with Crippen molar-refractivity contribution in [3.05, 3.63) is 63.6 Å². The zero-order chi connectivity index (χ0) is 19.1. The molecule has 26 heavy (non-hydrogen) atoms. The summed E-state index contributed by atoms with van der Waals surface area (Å²) in [6, 6.07) is 12.1. The summed E-state index contributed by atoms with van der Waals surface area (Å²) in [5, 5.41) is 23.4. The monoisotopic (exact) mass is 398 g/mol. The molecule has 1 amide bonds. The first-order valence-corrected chi connectivity index (χ1v) is 8.69. The van der Waals surface area contributed by atoms with Crippen LogP contribution >= 0.6 is 23.2 Å². The summed E-state index contributed by atoms with van der Waals surface area (Å²) in [6.45, 7) is 0.259. The highest BCUT2D eigenvalue weighted by Crippen LogP contribution is 2.33. The van der Waals surface area contributed by atoms with E-state index in [1.165, 1.54) is 12.1 Å². The maximum absolute atomic E-state index is 11.6. The van der Waals surface area contributed by atoms with Gasteiger partial charge in [0.05, 0.1) is 16.8 Å². The first kappa shape index (κ1) is 20.3. The van der Waals surface area contributed by atoms with Gasteiger partial charge < -0.3 is 26.0 Å². The Hall–Kier alpha value is -1.99. The summed E-state index contributed by atoms with van der Waals surface area (Å²) in [7, 11) is 0. The molecule has 140 valence electrons. The Morgan fingerprint density at radius 1 is 1.19 bits per heavy atom. The number of hydrogen-bond donors (Lipinski definition) is 4. The molecular formula is C18H20Cl2N2O4. The minimum absolute atomic E-state index is 0.0885. The van der Waals surface area contributed by atoms with Crippen LogP contribution in [0.3, 0.4) is 0 Å². The summed E-state index contributed by atoms with van der Waals surface area (Å²) in [6.07, 6.45) is -2.97. The standard InChI is InChI=1S/C18H20Cl2N2O4/c19-12-8-13(16(21)14(20)9-12)17(24)15(23)6-7-22-18(25)26-10-11-4-2-1-3-5-11/h1-5,8-9,15,17,23-24H,6-7,10,21H2,(H,22,25). The number of aliphatic hydroxyl groups excluding tert-OH is 2. The molecule has 0 bridgehead atoms. The fraction of sp³-hybridized carbons (Fsp3) is 0.278. The number of anilines is 1. The van der Waals surface area contributed by atoms with Crippen molar-refractivity contribution in [1.29, 1.82) is 0 Å². The number of alkyl carbamates (subject to hydrolysis) is 1. The van der Waals surface area contributed by atoms with Gasteiger partial charge in [-0.3, -0.25) is 0 Å². The van der Waals surface area contributed by atoms with Gasteiger partial charge in [0.2, 0.25) is 0 Å². The number of hydrogen-bond acceptors (Lipinski definition) is 5. The summed E-state index contributed by atoms with van der Waals surface area (Å²) in [5.41, 5.74) is 7.07. The van der Waals surface area contributed by atoms with E-state index in [2.05, 4.69) is 5.32 Å². The molecular weight excluding hydrogens is 379 g/mol. The fourth-order valence-electron chi connectivity index (χ4n) is 2.31. The highest BCUT2D eigenvalue weighted by atomic mass is 35.5. The molecule has 2 aromatic rings. The SMILES string of the molecule is Nc1c(Cl)cc(Cl)cc1C(O)C(O)CCNC(=O)OCc1ccccc1. The zero-order valence-electron chi connectivity index (χ0n) is 13.9. The molecule has 0 aromatic heterocycles. The van der Waals surface area contributed by atoms with E-state index >= 15 is 0 Å². The number of ether oxygens (including phenoxy) is 1. The first-order valence-electron chi connectivity index (χ1n) is 7.93. The van der Waals surface area contributed by atoms with Crippen LogP contribution in [-0.4, -0.2) is 29.0 Å². The van der Waals surface area contributed by atoms with Crippen LogP contribution in [0.5, 0.6) is 0 Å². The van der Waals surface area contributed by atoms with Crippen LogP contribution in [-0.2, 0) is 11.3 Å². The molecule has 5 N–H and O–H groups in total. The predicted molar refractivity (Wildman–Crippen MR) is 101 cm³/mol. The van der Waals surface area contributed by atoms with Gasteiger partial charge in [0.25, 0.3) is 0 Å². The van der Waals surface area contributed by atoms with E-state index in [1.54, 1.807) is 0 Å². The Balaban J connectivity index is 1.79. The van der Waals surface area contributed by atoms with Crippen LogP contribution < -0.4 is 11.1 Å². The molecule has 0 heterocycles. The number of benzene rings is 2. The summed E-state index contributed by atoms with van der Waals surface area (Å²) < 4.78 is 5.06. The normalized spacial score (nSPS) is 13.1. The van der Waals surface area contributed by atoms with Gasteiger partial charge in [0.1, 0.15) is 12.7 Å². The third-order valence-corrected chi connectivity index (χ3v) is 4.26. The second kappa shape index (κ2) is 9.64. The number of aliphatic hydroxyl groups is 2. The molecule has 8 heteroatoms. The van der Waals surface area contributed by atoms with Crippen LogP contribution in [0.1, 0.15) is 23.7 Å². The Bertz CT molecular complexity index is 743. The molecule has 2 rings (SSSR count). The van der Waals surface area contributed by atoms with E-state index in [1.807, 2.05) is 30.3 Å². The first-order chi connectivity index (χ1) is 12.4. The van der Waals surface area contributed by atoms with Crippen LogP contribution in [0.15, 0.2) is 42.5 Å². The number of carbonyl (C=O) groups is 1. The lowest BCUT2D eigenvalue weighted by Gasteiger charge is -2.20.